The Bertz CT molecular complexity index is 1930. The number of fused-ring (bicyclic) bond motifs is 2. The third-order valence-electron chi connectivity index (χ3n) is 8.82. The highest BCUT2D eigenvalue weighted by Crippen LogP contribution is 2.49. The number of H-pyrrole nitrogens is 2. The summed E-state index contributed by atoms with van der Waals surface area (Å²) in [7, 11) is -1.19. The van der Waals surface area contributed by atoms with Crippen LogP contribution in [0.5, 0.6) is 23.3 Å². The zero-order valence-electron chi connectivity index (χ0n) is 27.4. The molecule has 13 nitrogen and oxygen atoms in total. The molecule has 2 aliphatic heterocycles. The van der Waals surface area contributed by atoms with Crippen molar-refractivity contribution in [2.75, 3.05) is 6.26 Å². The minimum Gasteiger partial charge on any atom is -0.484 e. The van der Waals surface area contributed by atoms with Crippen LogP contribution < -0.4 is 30.1 Å². The molecule has 2 aliphatic rings. The summed E-state index contributed by atoms with van der Waals surface area (Å²) in [6.45, 7) is 10.4. The van der Waals surface area contributed by atoms with Crippen LogP contribution in [0.25, 0.3) is 0 Å². The summed E-state index contributed by atoms with van der Waals surface area (Å²) in [6, 6.07) is 16.4. The van der Waals surface area contributed by atoms with Gasteiger partial charge in [0.15, 0.2) is 12.2 Å². The first-order valence-corrected chi connectivity index (χ1v) is 17.5. The van der Waals surface area contributed by atoms with Crippen molar-refractivity contribution in [3.8, 4) is 23.3 Å². The zero-order valence-corrected chi connectivity index (χ0v) is 30.3. The van der Waals surface area contributed by atoms with E-state index >= 15 is 0 Å². The van der Waals surface area contributed by atoms with Gasteiger partial charge in [-0.05, 0) is 101 Å². The van der Waals surface area contributed by atoms with Crippen LogP contribution in [0.1, 0.15) is 64.9 Å². The number of rotatable bonds is 5. The highest BCUT2D eigenvalue weighted by Gasteiger charge is 2.55. The molecule has 4 heterocycles. The SMILES string of the molecule is CC1(C)Oc2ccc(I)cc2C(Oc2ccc(=O)[nH]n2)C1(C)O.CS(=O)c1ccc2c(c1)C(Oc1ccc(=O)[nH]n1)C(C)(O)C(C)(C)O2. The maximum absolute atomic E-state index is 11.8. The Kier molecular flexibility index (Phi) is 9.55. The van der Waals surface area contributed by atoms with Gasteiger partial charge in [0.1, 0.15) is 33.9 Å². The molecule has 4 N–H and O–H groups in total. The number of benzene rings is 2. The molecule has 5 unspecified atom stereocenters. The lowest BCUT2D eigenvalue weighted by atomic mass is 9.77. The van der Waals surface area contributed by atoms with E-state index in [9.17, 15) is 24.0 Å². The van der Waals surface area contributed by atoms with E-state index in [0.717, 1.165) is 9.13 Å². The normalized spacial score (nSPS) is 25.5. The lowest BCUT2D eigenvalue weighted by Gasteiger charge is -2.48. The van der Waals surface area contributed by atoms with Gasteiger partial charge in [0.25, 0.3) is 11.1 Å². The summed E-state index contributed by atoms with van der Waals surface area (Å²) in [5.74, 6) is 1.60. The van der Waals surface area contributed by atoms with Gasteiger partial charge in [-0.1, -0.05) is 0 Å². The molecule has 0 amide bonds. The van der Waals surface area contributed by atoms with Gasteiger partial charge in [0, 0.05) is 60.9 Å². The van der Waals surface area contributed by atoms with Crippen molar-refractivity contribution in [3.05, 3.63) is 96.1 Å². The summed E-state index contributed by atoms with van der Waals surface area (Å²) in [4.78, 5) is 22.9. The van der Waals surface area contributed by atoms with E-state index in [-0.39, 0.29) is 22.9 Å². The third-order valence-corrected chi connectivity index (χ3v) is 10.4. The van der Waals surface area contributed by atoms with Crippen molar-refractivity contribution in [1.82, 2.24) is 20.4 Å². The van der Waals surface area contributed by atoms with Gasteiger partial charge in [-0.25, -0.2) is 10.2 Å². The Hall–Kier alpha value is -3.80. The molecule has 0 saturated heterocycles. The zero-order chi connectivity index (χ0) is 35.2. The molecule has 0 saturated carbocycles. The van der Waals surface area contributed by atoms with Gasteiger partial charge in [-0.15, -0.1) is 10.2 Å². The summed E-state index contributed by atoms with van der Waals surface area (Å²) < 4.78 is 36.6. The fraction of sp³-hybridized carbons (Fsp3) is 0.394. The van der Waals surface area contributed by atoms with E-state index in [1.54, 1.807) is 52.1 Å². The number of hydrogen-bond acceptors (Lipinski definition) is 11. The topological polar surface area (TPSA) is 186 Å². The van der Waals surface area contributed by atoms with E-state index in [1.807, 2.05) is 32.0 Å². The second-order valence-electron chi connectivity index (χ2n) is 12.9. The van der Waals surface area contributed by atoms with Crippen molar-refractivity contribution >= 4 is 33.4 Å². The molecular weight excluding hydrogens is 755 g/mol. The average molecular weight is 793 g/mol. The molecule has 5 atom stereocenters. The molecule has 4 aromatic rings. The standard InChI is InChI=1S/C17H20N2O5S.C16H17IN2O4/c1-16(2)17(3,21)15(23-14-8-7-13(20)18-19-14)11-9-10(25(4)22)5-6-12(11)24-16;1-15(2)16(3,21)14(22-13-7-6-12(20)18-19-13)10-8-9(17)4-5-11(10)23-15/h5-9,15,21H,1-4H3,(H,18,20);4-8,14,21H,1-3H3,(H,18,20). The maximum Gasteiger partial charge on any atom is 0.264 e. The molecule has 0 fully saturated rings. The molecule has 0 aliphatic carbocycles. The van der Waals surface area contributed by atoms with Gasteiger partial charge in [0.05, 0.1) is 0 Å². The van der Waals surface area contributed by atoms with Crippen molar-refractivity contribution in [2.45, 2.75) is 81.1 Å². The van der Waals surface area contributed by atoms with Gasteiger partial charge < -0.3 is 29.2 Å². The van der Waals surface area contributed by atoms with Crippen LogP contribution in [0.4, 0.5) is 0 Å². The minimum absolute atomic E-state index is 0.163. The van der Waals surface area contributed by atoms with Gasteiger partial charge >= 0.3 is 0 Å². The Morgan fingerprint density at radius 2 is 1.17 bits per heavy atom. The van der Waals surface area contributed by atoms with Crippen LogP contribution in [0, 0.1) is 3.57 Å². The number of halogens is 1. The molecule has 48 heavy (non-hydrogen) atoms. The molecule has 2 aromatic carbocycles. The summed E-state index contributed by atoms with van der Waals surface area (Å²) in [5.41, 5.74) is -3.87. The molecule has 0 spiro atoms. The smallest absolute Gasteiger partial charge is 0.264 e. The van der Waals surface area contributed by atoms with Crippen molar-refractivity contribution in [1.29, 1.82) is 0 Å². The highest BCUT2D eigenvalue weighted by molar-refractivity contribution is 14.1. The molecule has 2 aromatic heterocycles. The van der Waals surface area contributed by atoms with Crippen LogP contribution in [0.3, 0.4) is 0 Å². The summed E-state index contributed by atoms with van der Waals surface area (Å²) >= 11 is 2.20. The number of ether oxygens (including phenoxy) is 4. The van der Waals surface area contributed by atoms with E-state index in [4.69, 9.17) is 18.9 Å². The fourth-order valence-electron chi connectivity index (χ4n) is 5.21. The predicted octanol–water partition coefficient (Wildman–Crippen LogP) is 3.97. The lowest BCUT2D eigenvalue weighted by Crippen LogP contribution is -2.59. The molecule has 256 valence electrons. The third kappa shape index (κ3) is 6.86. The second-order valence-corrected chi connectivity index (χ2v) is 15.5. The number of nitrogens with one attached hydrogen (secondary N) is 2. The second kappa shape index (κ2) is 12.9. The average Bonchev–Trinajstić information content (AvgIpc) is 3.00. The molecule has 0 radical (unpaired) electrons. The monoisotopic (exact) mass is 792 g/mol. The Morgan fingerprint density at radius 1 is 0.729 bits per heavy atom. The number of aromatic nitrogens is 4. The van der Waals surface area contributed by atoms with Crippen LogP contribution in [0.2, 0.25) is 0 Å². The summed E-state index contributed by atoms with van der Waals surface area (Å²) in [6.07, 6.45) is 0.0647. The van der Waals surface area contributed by atoms with Gasteiger partial charge in [0.2, 0.25) is 11.8 Å². The molecule has 15 heteroatoms. The molecule has 0 bridgehead atoms. The first-order chi connectivity index (χ1) is 22.3. The van der Waals surface area contributed by atoms with E-state index in [2.05, 4.69) is 43.0 Å². The van der Waals surface area contributed by atoms with E-state index < -0.39 is 45.4 Å². The Labute approximate surface area is 292 Å². The minimum atomic E-state index is -1.41. The number of nitrogens with zero attached hydrogens (tertiary/aromatic N) is 2. The van der Waals surface area contributed by atoms with Gasteiger partial charge in [-0.2, -0.15) is 0 Å². The van der Waals surface area contributed by atoms with Crippen LogP contribution in [-0.2, 0) is 10.8 Å². The first-order valence-electron chi connectivity index (χ1n) is 14.9. The number of aliphatic hydroxyl groups is 2. The molecular formula is C33H37IN4O9S. The Morgan fingerprint density at radius 3 is 1.58 bits per heavy atom. The largest absolute Gasteiger partial charge is 0.484 e. The lowest BCUT2D eigenvalue weighted by molar-refractivity contribution is -0.175. The first kappa shape index (κ1) is 35.5. The summed E-state index contributed by atoms with van der Waals surface area (Å²) in [5, 5.41) is 34.5. The van der Waals surface area contributed by atoms with Crippen molar-refractivity contribution in [3.63, 3.8) is 0 Å². The number of hydrogen-bond donors (Lipinski definition) is 4. The van der Waals surface area contributed by atoms with Crippen molar-refractivity contribution in [2.24, 2.45) is 0 Å². The Balaban J connectivity index is 0.000000188. The van der Waals surface area contributed by atoms with E-state index in [1.165, 1.54) is 24.3 Å². The van der Waals surface area contributed by atoms with Crippen molar-refractivity contribution < 1.29 is 33.4 Å². The maximum atomic E-state index is 11.8. The van der Waals surface area contributed by atoms with E-state index in [0.29, 0.717) is 22.0 Å². The number of aromatic amines is 2. The van der Waals surface area contributed by atoms with Crippen LogP contribution >= 0.6 is 22.6 Å². The fourth-order valence-corrected chi connectivity index (χ4v) is 6.27. The highest BCUT2D eigenvalue weighted by atomic mass is 127. The predicted molar refractivity (Wildman–Crippen MR) is 185 cm³/mol. The molecule has 6 rings (SSSR count). The van der Waals surface area contributed by atoms with Gasteiger partial charge in [-0.3, -0.25) is 13.8 Å². The van der Waals surface area contributed by atoms with Crippen LogP contribution in [0.15, 0.2) is 75.1 Å². The van der Waals surface area contributed by atoms with Crippen LogP contribution in [-0.4, -0.2) is 63.5 Å². The quantitative estimate of drug-likeness (QED) is 0.215.